The number of rotatable bonds is 1. The van der Waals surface area contributed by atoms with Crippen LogP contribution in [0, 0.1) is 5.92 Å². The van der Waals surface area contributed by atoms with E-state index in [1.54, 1.807) is 6.92 Å². The third-order valence-electron chi connectivity index (χ3n) is 3.61. The van der Waals surface area contributed by atoms with E-state index in [4.69, 9.17) is 0 Å². The monoisotopic (exact) mass is 210 g/mol. The van der Waals surface area contributed by atoms with Gasteiger partial charge in [0, 0.05) is 11.5 Å². The smallest absolute Gasteiger partial charge is 0.159 e. The van der Waals surface area contributed by atoms with Gasteiger partial charge in [-0.3, -0.25) is 4.79 Å². The minimum atomic E-state index is 0.156. The van der Waals surface area contributed by atoms with Gasteiger partial charge in [0.25, 0.3) is 0 Å². The summed E-state index contributed by atoms with van der Waals surface area (Å²) in [6, 6.07) is 6.15. The number of fused-ring (bicyclic) bond motifs is 3. The van der Waals surface area contributed by atoms with Crippen molar-refractivity contribution < 1.29 is 4.79 Å². The summed E-state index contributed by atoms with van der Waals surface area (Å²) in [5.41, 5.74) is 3.58. The van der Waals surface area contributed by atoms with Crippen molar-refractivity contribution in [1.82, 2.24) is 0 Å². The lowest BCUT2D eigenvalue weighted by Crippen LogP contribution is -2.04. The zero-order chi connectivity index (χ0) is 11.1. The first-order valence-corrected chi connectivity index (χ1v) is 5.74. The summed E-state index contributed by atoms with van der Waals surface area (Å²) in [4.78, 5) is 11.3. The van der Waals surface area contributed by atoms with Gasteiger partial charge in [-0.25, -0.2) is 0 Å². The van der Waals surface area contributed by atoms with Crippen molar-refractivity contribution in [2.45, 2.75) is 19.3 Å². The highest BCUT2D eigenvalue weighted by molar-refractivity contribution is 5.94. The lowest BCUT2D eigenvalue weighted by atomic mass is 9.89. The summed E-state index contributed by atoms with van der Waals surface area (Å²) < 4.78 is 0. The molecule has 0 saturated carbocycles. The van der Waals surface area contributed by atoms with Crippen molar-refractivity contribution >= 4 is 5.78 Å². The van der Waals surface area contributed by atoms with Crippen LogP contribution in [0.4, 0.5) is 0 Å². The molecule has 0 saturated heterocycles. The third-order valence-corrected chi connectivity index (χ3v) is 3.61. The summed E-state index contributed by atoms with van der Waals surface area (Å²) in [6.07, 6.45) is 9.86. The molecule has 1 aromatic carbocycles. The Balaban J connectivity index is 2.06. The molecule has 1 nitrogen and oxygen atoms in total. The van der Waals surface area contributed by atoms with E-state index < -0.39 is 0 Å². The molecule has 2 aliphatic carbocycles. The van der Waals surface area contributed by atoms with Gasteiger partial charge in [-0.05, 0) is 36.5 Å². The van der Waals surface area contributed by atoms with E-state index in [1.165, 1.54) is 11.1 Å². The summed E-state index contributed by atoms with van der Waals surface area (Å²) >= 11 is 0. The maximum Gasteiger partial charge on any atom is 0.159 e. The molecule has 0 aliphatic heterocycles. The van der Waals surface area contributed by atoms with Gasteiger partial charge in [-0.1, -0.05) is 36.4 Å². The van der Waals surface area contributed by atoms with Gasteiger partial charge in [-0.15, -0.1) is 0 Å². The molecule has 0 heterocycles. The van der Waals surface area contributed by atoms with E-state index in [0.29, 0.717) is 11.8 Å². The van der Waals surface area contributed by atoms with Gasteiger partial charge in [0.1, 0.15) is 0 Å². The standard InChI is InChI=1S/C15H14O/c1-10(16)11-6-7-15-13(8-11)9-12-4-2-3-5-14(12)15/h2-8,12,14H,9H2,1H3. The fourth-order valence-electron chi connectivity index (χ4n) is 2.76. The van der Waals surface area contributed by atoms with Gasteiger partial charge >= 0.3 is 0 Å². The molecule has 0 N–H and O–H groups in total. The summed E-state index contributed by atoms with van der Waals surface area (Å²) in [6.45, 7) is 1.63. The Morgan fingerprint density at radius 2 is 2.06 bits per heavy atom. The van der Waals surface area contributed by atoms with E-state index in [9.17, 15) is 4.79 Å². The van der Waals surface area contributed by atoms with E-state index in [0.717, 1.165) is 12.0 Å². The number of carbonyl (C=O) groups is 1. The Kier molecular flexibility index (Phi) is 2.06. The molecule has 0 amide bonds. The molecule has 2 atom stereocenters. The quantitative estimate of drug-likeness (QED) is 0.650. The van der Waals surface area contributed by atoms with E-state index in [1.807, 2.05) is 6.07 Å². The molecular weight excluding hydrogens is 196 g/mol. The molecule has 0 spiro atoms. The molecule has 16 heavy (non-hydrogen) atoms. The zero-order valence-electron chi connectivity index (χ0n) is 9.31. The van der Waals surface area contributed by atoms with Crippen LogP contribution in [0.25, 0.3) is 0 Å². The van der Waals surface area contributed by atoms with Crippen molar-refractivity contribution in [3.8, 4) is 0 Å². The molecule has 2 unspecified atom stereocenters. The fourth-order valence-corrected chi connectivity index (χ4v) is 2.76. The number of allylic oxidation sites excluding steroid dienone is 4. The molecule has 0 bridgehead atoms. The second-order valence-electron chi connectivity index (χ2n) is 4.63. The minimum Gasteiger partial charge on any atom is -0.295 e. The lowest BCUT2D eigenvalue weighted by molar-refractivity contribution is 0.101. The van der Waals surface area contributed by atoms with Crippen LogP contribution >= 0.6 is 0 Å². The van der Waals surface area contributed by atoms with Crippen LogP contribution in [0.2, 0.25) is 0 Å². The number of hydrogen-bond donors (Lipinski definition) is 0. The zero-order valence-corrected chi connectivity index (χ0v) is 9.31. The average molecular weight is 210 g/mol. The second kappa shape index (κ2) is 3.44. The summed E-state index contributed by atoms with van der Waals surface area (Å²) in [5, 5.41) is 0. The first kappa shape index (κ1) is 9.59. The van der Waals surface area contributed by atoms with Crippen LogP contribution in [-0.2, 0) is 6.42 Å². The number of hydrogen-bond acceptors (Lipinski definition) is 1. The molecule has 3 rings (SSSR count). The third kappa shape index (κ3) is 1.35. The highest BCUT2D eigenvalue weighted by atomic mass is 16.1. The van der Waals surface area contributed by atoms with Crippen LogP contribution < -0.4 is 0 Å². The predicted molar refractivity (Wildman–Crippen MR) is 64.7 cm³/mol. The van der Waals surface area contributed by atoms with Crippen molar-refractivity contribution in [2.24, 2.45) is 5.92 Å². The van der Waals surface area contributed by atoms with Crippen molar-refractivity contribution in [3.05, 3.63) is 59.2 Å². The Morgan fingerprint density at radius 1 is 1.25 bits per heavy atom. The second-order valence-corrected chi connectivity index (χ2v) is 4.63. The largest absolute Gasteiger partial charge is 0.295 e. The number of benzene rings is 1. The number of Topliss-reactive ketones (excluding diaryl/α,β-unsaturated/α-hetero) is 1. The molecule has 0 radical (unpaired) electrons. The average Bonchev–Trinajstić information content (AvgIpc) is 2.66. The fraction of sp³-hybridized carbons (Fsp3) is 0.267. The maximum atomic E-state index is 11.3. The molecule has 0 aromatic heterocycles. The van der Waals surface area contributed by atoms with Crippen LogP contribution in [0.1, 0.15) is 34.3 Å². The first-order chi connectivity index (χ1) is 7.75. The molecular formula is C15H14O. The highest BCUT2D eigenvalue weighted by Gasteiger charge is 2.30. The summed E-state index contributed by atoms with van der Waals surface area (Å²) in [5.74, 6) is 1.28. The van der Waals surface area contributed by atoms with E-state index in [2.05, 4.69) is 36.4 Å². The molecule has 80 valence electrons. The Labute approximate surface area is 95.5 Å². The SMILES string of the molecule is CC(=O)c1ccc2c(c1)CC1C=CC=CC21. The predicted octanol–water partition coefficient (Wildman–Crippen LogP) is 3.27. The Bertz CT molecular complexity index is 508. The molecule has 1 aromatic rings. The van der Waals surface area contributed by atoms with Crippen LogP contribution in [0.3, 0.4) is 0 Å². The lowest BCUT2D eigenvalue weighted by Gasteiger charge is -2.15. The van der Waals surface area contributed by atoms with Crippen molar-refractivity contribution in [2.75, 3.05) is 0 Å². The number of ketones is 1. The minimum absolute atomic E-state index is 0.156. The maximum absolute atomic E-state index is 11.3. The van der Waals surface area contributed by atoms with Gasteiger partial charge in [0.15, 0.2) is 5.78 Å². The first-order valence-electron chi connectivity index (χ1n) is 5.74. The number of carbonyl (C=O) groups excluding carboxylic acids is 1. The van der Waals surface area contributed by atoms with Gasteiger partial charge in [0.05, 0.1) is 0 Å². The van der Waals surface area contributed by atoms with Crippen LogP contribution in [0.5, 0.6) is 0 Å². The van der Waals surface area contributed by atoms with Gasteiger partial charge in [0.2, 0.25) is 0 Å². The van der Waals surface area contributed by atoms with E-state index >= 15 is 0 Å². The van der Waals surface area contributed by atoms with Crippen molar-refractivity contribution in [3.63, 3.8) is 0 Å². The normalized spacial score (nSPS) is 25.3. The van der Waals surface area contributed by atoms with Gasteiger partial charge < -0.3 is 0 Å². The van der Waals surface area contributed by atoms with Crippen LogP contribution in [-0.4, -0.2) is 5.78 Å². The van der Waals surface area contributed by atoms with Crippen LogP contribution in [0.15, 0.2) is 42.5 Å². The Morgan fingerprint density at radius 3 is 2.88 bits per heavy atom. The molecule has 2 aliphatic rings. The topological polar surface area (TPSA) is 17.1 Å². The highest BCUT2D eigenvalue weighted by Crippen LogP contribution is 2.41. The molecule has 1 heteroatoms. The van der Waals surface area contributed by atoms with Gasteiger partial charge in [-0.2, -0.15) is 0 Å². The molecule has 0 fully saturated rings. The van der Waals surface area contributed by atoms with E-state index in [-0.39, 0.29) is 5.78 Å². The van der Waals surface area contributed by atoms with Crippen molar-refractivity contribution in [1.29, 1.82) is 0 Å². The summed E-state index contributed by atoms with van der Waals surface area (Å²) in [7, 11) is 0. The Hall–Kier alpha value is -1.63.